The molecule has 1 rings (SSSR count). The first kappa shape index (κ1) is 16.1. The van der Waals surface area contributed by atoms with E-state index in [1.54, 1.807) is 0 Å². The topological polar surface area (TPSA) is 54.5 Å². The number of H-pyrrole nitrogens is 1. The molecule has 1 atom stereocenters. The van der Waals surface area contributed by atoms with Crippen molar-refractivity contribution >= 4 is 0 Å². The quantitative estimate of drug-likeness (QED) is 0.562. The molecule has 0 amide bonds. The van der Waals surface area contributed by atoms with E-state index in [0.717, 1.165) is 5.82 Å². The molecule has 19 heavy (non-hydrogen) atoms. The van der Waals surface area contributed by atoms with Gasteiger partial charge in [0.05, 0.1) is 0 Å². The maximum absolute atomic E-state index is 4.18. The van der Waals surface area contributed by atoms with Crippen molar-refractivity contribution in [3.8, 4) is 0 Å². The molecular weight excluding hydrogens is 236 g/mol. The summed E-state index contributed by atoms with van der Waals surface area (Å²) in [5, 5.41) is 14.6. The Labute approximate surface area is 117 Å². The van der Waals surface area contributed by atoms with Crippen LogP contribution < -0.4 is 0 Å². The minimum Gasteiger partial charge on any atom is -0.177 e. The zero-order valence-electron chi connectivity index (χ0n) is 12.7. The lowest BCUT2D eigenvalue weighted by molar-refractivity contribution is 0.479. The van der Waals surface area contributed by atoms with Gasteiger partial charge in [0.1, 0.15) is 0 Å². The third-order valence-corrected chi connectivity index (χ3v) is 3.79. The molecule has 0 radical (unpaired) electrons. The van der Waals surface area contributed by atoms with Crippen LogP contribution in [0.15, 0.2) is 0 Å². The highest BCUT2D eigenvalue weighted by Crippen LogP contribution is 2.25. The summed E-state index contributed by atoms with van der Waals surface area (Å²) in [6, 6.07) is 0. The van der Waals surface area contributed by atoms with E-state index >= 15 is 0 Å². The summed E-state index contributed by atoms with van der Waals surface area (Å²) in [6.45, 7) is 4.51. The number of hydrogen-bond donors (Lipinski definition) is 1. The molecule has 0 saturated heterocycles. The summed E-state index contributed by atoms with van der Waals surface area (Å²) in [4.78, 5) is 0. The average Bonchev–Trinajstić information content (AvgIpc) is 2.94. The van der Waals surface area contributed by atoms with E-state index < -0.39 is 0 Å². The van der Waals surface area contributed by atoms with Crippen molar-refractivity contribution < 1.29 is 0 Å². The number of aromatic nitrogens is 4. The monoisotopic (exact) mass is 266 g/mol. The normalized spacial score (nSPS) is 12.7. The minimum absolute atomic E-state index is 0.511. The van der Waals surface area contributed by atoms with Crippen LogP contribution in [-0.4, -0.2) is 20.6 Å². The molecule has 110 valence electrons. The van der Waals surface area contributed by atoms with Gasteiger partial charge < -0.3 is 0 Å². The predicted molar refractivity (Wildman–Crippen MR) is 79.1 cm³/mol. The molecule has 4 nitrogen and oxygen atoms in total. The standard InChI is InChI=1S/C15H30N4/c1-3-5-7-8-9-11-13-14(12-10-6-4-2)15-16-18-19-17-15/h14H,3-13H2,1-2H3,(H,16,17,18,19). The van der Waals surface area contributed by atoms with E-state index in [1.165, 1.54) is 70.6 Å². The molecule has 1 heterocycles. The Balaban J connectivity index is 2.21. The lowest BCUT2D eigenvalue weighted by atomic mass is 9.94. The number of tetrazole rings is 1. The van der Waals surface area contributed by atoms with Crippen LogP contribution in [0, 0.1) is 0 Å². The van der Waals surface area contributed by atoms with Crippen molar-refractivity contribution in [2.75, 3.05) is 0 Å². The van der Waals surface area contributed by atoms with Gasteiger partial charge in [0, 0.05) is 5.92 Å². The molecule has 1 unspecified atom stereocenters. The van der Waals surface area contributed by atoms with E-state index in [4.69, 9.17) is 0 Å². The lowest BCUT2D eigenvalue weighted by Gasteiger charge is -2.12. The van der Waals surface area contributed by atoms with Gasteiger partial charge in [0.15, 0.2) is 5.82 Å². The molecule has 0 bridgehead atoms. The van der Waals surface area contributed by atoms with Gasteiger partial charge in [-0.1, -0.05) is 76.8 Å². The van der Waals surface area contributed by atoms with Crippen molar-refractivity contribution in [2.24, 2.45) is 0 Å². The van der Waals surface area contributed by atoms with Gasteiger partial charge in [-0.2, -0.15) is 5.21 Å². The summed E-state index contributed by atoms with van der Waals surface area (Å²) in [6.07, 6.45) is 14.4. The lowest BCUT2D eigenvalue weighted by Crippen LogP contribution is -2.02. The van der Waals surface area contributed by atoms with Gasteiger partial charge in [-0.3, -0.25) is 0 Å². The van der Waals surface area contributed by atoms with Crippen LogP contribution in [0.1, 0.15) is 96.2 Å². The Morgan fingerprint density at radius 1 is 0.842 bits per heavy atom. The third-order valence-electron chi connectivity index (χ3n) is 3.79. The molecule has 0 aliphatic heterocycles. The Morgan fingerprint density at radius 3 is 2.05 bits per heavy atom. The third kappa shape index (κ3) is 7.28. The number of aromatic amines is 1. The zero-order valence-corrected chi connectivity index (χ0v) is 12.7. The van der Waals surface area contributed by atoms with Gasteiger partial charge in [-0.25, -0.2) is 0 Å². The fourth-order valence-corrected chi connectivity index (χ4v) is 2.56. The highest BCUT2D eigenvalue weighted by atomic mass is 15.5. The van der Waals surface area contributed by atoms with Crippen molar-refractivity contribution in [2.45, 2.75) is 90.4 Å². The summed E-state index contributed by atoms with van der Waals surface area (Å²) in [5.41, 5.74) is 0. The first-order valence-electron chi connectivity index (χ1n) is 8.11. The molecule has 0 aliphatic carbocycles. The van der Waals surface area contributed by atoms with Crippen LogP contribution in [-0.2, 0) is 0 Å². The second-order valence-corrected chi connectivity index (χ2v) is 5.52. The maximum Gasteiger partial charge on any atom is 0.177 e. The van der Waals surface area contributed by atoms with E-state index in [0.29, 0.717) is 5.92 Å². The summed E-state index contributed by atoms with van der Waals surface area (Å²) < 4.78 is 0. The van der Waals surface area contributed by atoms with Crippen LogP contribution in [0.5, 0.6) is 0 Å². The number of nitrogens with zero attached hydrogens (tertiary/aromatic N) is 3. The fourth-order valence-electron chi connectivity index (χ4n) is 2.56. The van der Waals surface area contributed by atoms with Gasteiger partial charge in [0.25, 0.3) is 0 Å². The smallest absolute Gasteiger partial charge is 0.177 e. The number of nitrogens with one attached hydrogen (secondary N) is 1. The van der Waals surface area contributed by atoms with Crippen LogP contribution in [0.3, 0.4) is 0 Å². The van der Waals surface area contributed by atoms with Crippen LogP contribution in [0.2, 0.25) is 0 Å². The highest BCUT2D eigenvalue weighted by molar-refractivity contribution is 4.90. The van der Waals surface area contributed by atoms with E-state index in [2.05, 4.69) is 34.5 Å². The molecule has 0 aliphatic rings. The predicted octanol–water partition coefficient (Wildman–Crippen LogP) is 4.61. The van der Waals surface area contributed by atoms with Crippen LogP contribution in [0.4, 0.5) is 0 Å². The Morgan fingerprint density at radius 2 is 1.42 bits per heavy atom. The Bertz CT molecular complexity index is 284. The first-order valence-corrected chi connectivity index (χ1v) is 8.11. The molecule has 0 spiro atoms. The SMILES string of the molecule is CCCCCCCCC(CCCCC)c1nn[nH]n1. The average molecular weight is 266 g/mol. The fraction of sp³-hybridized carbons (Fsp3) is 0.933. The Kier molecular flexibility index (Phi) is 9.29. The Hall–Kier alpha value is -0.930. The molecule has 0 saturated carbocycles. The first-order chi connectivity index (χ1) is 9.38. The van der Waals surface area contributed by atoms with Crippen molar-refractivity contribution in [3.63, 3.8) is 0 Å². The molecule has 0 aromatic carbocycles. The zero-order chi connectivity index (χ0) is 13.8. The van der Waals surface area contributed by atoms with E-state index in [-0.39, 0.29) is 0 Å². The number of hydrogen-bond acceptors (Lipinski definition) is 3. The summed E-state index contributed by atoms with van der Waals surface area (Å²) in [7, 11) is 0. The second kappa shape index (κ2) is 10.9. The van der Waals surface area contributed by atoms with Crippen LogP contribution in [0.25, 0.3) is 0 Å². The maximum atomic E-state index is 4.18. The van der Waals surface area contributed by atoms with Crippen LogP contribution >= 0.6 is 0 Å². The number of unbranched alkanes of at least 4 members (excludes halogenated alkanes) is 7. The van der Waals surface area contributed by atoms with Gasteiger partial charge >= 0.3 is 0 Å². The molecule has 1 N–H and O–H groups in total. The van der Waals surface area contributed by atoms with Gasteiger partial charge in [-0.05, 0) is 12.8 Å². The molecule has 4 heteroatoms. The summed E-state index contributed by atoms with van der Waals surface area (Å²) >= 11 is 0. The highest BCUT2D eigenvalue weighted by Gasteiger charge is 2.15. The summed E-state index contributed by atoms with van der Waals surface area (Å²) in [5.74, 6) is 1.43. The molecule has 1 aromatic heterocycles. The molecule has 1 aromatic rings. The largest absolute Gasteiger partial charge is 0.177 e. The molecule has 0 fully saturated rings. The van der Waals surface area contributed by atoms with Crippen molar-refractivity contribution in [3.05, 3.63) is 5.82 Å². The minimum atomic E-state index is 0.511. The molecular formula is C15H30N4. The van der Waals surface area contributed by atoms with E-state index in [9.17, 15) is 0 Å². The van der Waals surface area contributed by atoms with Crippen molar-refractivity contribution in [1.82, 2.24) is 20.6 Å². The van der Waals surface area contributed by atoms with Gasteiger partial charge in [-0.15, -0.1) is 10.2 Å². The second-order valence-electron chi connectivity index (χ2n) is 5.52. The van der Waals surface area contributed by atoms with Crippen molar-refractivity contribution in [1.29, 1.82) is 0 Å². The van der Waals surface area contributed by atoms with Gasteiger partial charge in [0.2, 0.25) is 0 Å². The van der Waals surface area contributed by atoms with E-state index in [1.807, 2.05) is 0 Å². The number of rotatable bonds is 12.